The quantitative estimate of drug-likeness (QED) is 0.138. The molecule has 206 valence electrons. The molecule has 0 heterocycles. The number of carbonyl (C=O) groups is 5. The first-order valence-electron chi connectivity index (χ1n) is 11.4. The maximum atomic E-state index is 12.4. The summed E-state index contributed by atoms with van der Waals surface area (Å²) in [5.74, 6) is -4.46. The van der Waals surface area contributed by atoms with Crippen molar-refractivity contribution in [2.75, 3.05) is 66.0 Å². The zero-order chi connectivity index (χ0) is 27.8. The lowest BCUT2D eigenvalue weighted by Crippen LogP contribution is -2.43. The van der Waals surface area contributed by atoms with E-state index in [-0.39, 0.29) is 45.8 Å². The van der Waals surface area contributed by atoms with E-state index in [2.05, 4.69) is 5.32 Å². The Morgan fingerprint density at radius 3 is 1.70 bits per heavy atom. The van der Waals surface area contributed by atoms with E-state index in [1.165, 1.54) is 21.8 Å². The minimum Gasteiger partial charge on any atom is -0.496 e. The summed E-state index contributed by atoms with van der Waals surface area (Å²) >= 11 is 0. The van der Waals surface area contributed by atoms with Gasteiger partial charge in [0, 0.05) is 38.3 Å². The lowest BCUT2D eigenvalue weighted by molar-refractivity contribution is -0.143. The summed E-state index contributed by atoms with van der Waals surface area (Å²) in [7, 11) is 1.51. The first kappa shape index (κ1) is 31.3. The minimum absolute atomic E-state index is 0.00999. The highest BCUT2D eigenvalue weighted by Crippen LogP contribution is 2.16. The molecule has 0 radical (unpaired) electrons. The van der Waals surface area contributed by atoms with Crippen molar-refractivity contribution in [2.45, 2.75) is 13.0 Å². The molecule has 0 aliphatic rings. The summed E-state index contributed by atoms with van der Waals surface area (Å²) in [6, 6.07) is 7.14. The average molecular weight is 527 g/mol. The van der Waals surface area contributed by atoms with Crippen molar-refractivity contribution in [3.8, 4) is 5.75 Å². The van der Waals surface area contributed by atoms with Gasteiger partial charge in [0.15, 0.2) is 0 Å². The molecule has 37 heavy (non-hydrogen) atoms. The fourth-order valence-corrected chi connectivity index (χ4v) is 3.57. The third-order valence-electron chi connectivity index (χ3n) is 5.15. The Morgan fingerprint density at radius 1 is 0.703 bits per heavy atom. The van der Waals surface area contributed by atoms with Crippen LogP contribution in [0.1, 0.15) is 12.0 Å². The molecule has 0 saturated heterocycles. The van der Waals surface area contributed by atoms with E-state index in [1.54, 1.807) is 24.3 Å². The van der Waals surface area contributed by atoms with Gasteiger partial charge in [0.05, 0.1) is 39.8 Å². The molecule has 0 aromatic heterocycles. The van der Waals surface area contributed by atoms with Crippen molar-refractivity contribution in [3.05, 3.63) is 29.8 Å². The van der Waals surface area contributed by atoms with Crippen LogP contribution < -0.4 is 10.1 Å². The number of hydrogen-bond acceptors (Lipinski definition) is 9. The second-order valence-electron chi connectivity index (χ2n) is 8.21. The molecule has 1 aromatic rings. The molecule has 1 aromatic carbocycles. The van der Waals surface area contributed by atoms with Gasteiger partial charge in [-0.2, -0.15) is 0 Å². The van der Waals surface area contributed by atoms with Crippen molar-refractivity contribution < 1.29 is 49.1 Å². The number of nitrogens with one attached hydrogen (secondary N) is 1. The number of hydrogen-bond donors (Lipinski definition) is 5. The Kier molecular flexibility index (Phi) is 14.2. The first-order valence-corrected chi connectivity index (χ1v) is 11.4. The number of amides is 1. The highest BCUT2D eigenvalue weighted by molar-refractivity contribution is 5.79. The number of carboxylic acid groups (broad SMARTS) is 4. The SMILES string of the molecule is COc1ccccc1CNC(=O)CN(CCCN(CCN(CC(=O)O)CC(=O)O)CC(=O)O)CC(=O)O. The molecule has 0 aliphatic carbocycles. The fourth-order valence-electron chi connectivity index (χ4n) is 3.57. The van der Waals surface area contributed by atoms with Crippen LogP contribution in [0.5, 0.6) is 5.75 Å². The monoisotopic (exact) mass is 526 g/mol. The van der Waals surface area contributed by atoms with E-state index >= 15 is 0 Å². The van der Waals surface area contributed by atoms with Crippen LogP contribution >= 0.6 is 0 Å². The highest BCUT2D eigenvalue weighted by Gasteiger charge is 2.18. The van der Waals surface area contributed by atoms with Gasteiger partial charge in [0.25, 0.3) is 0 Å². The second kappa shape index (κ2) is 16.8. The summed E-state index contributed by atoms with van der Waals surface area (Å²) in [6.45, 7) is -1.30. The molecular formula is C23H34N4O10. The topological polar surface area (TPSA) is 197 Å². The molecule has 0 fully saturated rings. The highest BCUT2D eigenvalue weighted by atomic mass is 16.5. The number of carboxylic acids is 4. The standard InChI is InChI=1S/C23H34N4O10/c1-37-18-6-3-2-5-17(18)11-24-19(28)12-26(14-21(31)32)8-4-7-25(13-20(29)30)9-10-27(15-22(33)34)16-23(35)36/h2-3,5-6H,4,7-16H2,1H3,(H,24,28)(H,29,30)(H,31,32)(H,33,34)(H,35,36). The predicted octanol–water partition coefficient (Wildman–Crippen LogP) is -1.05. The Hall–Kier alpha value is -3.75. The van der Waals surface area contributed by atoms with E-state index in [0.717, 1.165) is 5.56 Å². The van der Waals surface area contributed by atoms with Crippen molar-refractivity contribution in [3.63, 3.8) is 0 Å². The van der Waals surface area contributed by atoms with Crippen molar-refractivity contribution in [2.24, 2.45) is 0 Å². The molecule has 0 atom stereocenters. The number of methoxy groups -OCH3 is 1. The molecule has 5 N–H and O–H groups in total. The maximum Gasteiger partial charge on any atom is 0.317 e. The third-order valence-corrected chi connectivity index (χ3v) is 5.15. The predicted molar refractivity (Wildman–Crippen MR) is 129 cm³/mol. The summed E-state index contributed by atoms with van der Waals surface area (Å²) in [6.07, 6.45) is 0.318. The van der Waals surface area contributed by atoms with Gasteiger partial charge in [-0.05, 0) is 12.5 Å². The number of rotatable bonds is 20. The number of para-hydroxylation sites is 1. The van der Waals surface area contributed by atoms with Crippen LogP contribution in [0, 0.1) is 0 Å². The normalized spacial score (nSPS) is 11.0. The Labute approximate surface area is 214 Å². The molecule has 0 aliphatic heterocycles. The Bertz CT molecular complexity index is 911. The molecule has 0 bridgehead atoms. The zero-order valence-corrected chi connectivity index (χ0v) is 20.7. The molecule has 14 heteroatoms. The average Bonchev–Trinajstić information content (AvgIpc) is 2.79. The van der Waals surface area contributed by atoms with E-state index in [0.29, 0.717) is 12.2 Å². The number of carbonyl (C=O) groups excluding carboxylic acids is 1. The smallest absolute Gasteiger partial charge is 0.317 e. The number of nitrogens with zero attached hydrogens (tertiary/aromatic N) is 3. The summed E-state index contributed by atoms with van der Waals surface area (Å²) in [5.41, 5.74) is 0.757. The summed E-state index contributed by atoms with van der Waals surface area (Å²) < 4.78 is 5.24. The van der Waals surface area contributed by atoms with Crippen LogP contribution in [0.4, 0.5) is 0 Å². The van der Waals surface area contributed by atoms with E-state index in [4.69, 9.17) is 14.9 Å². The molecule has 1 rings (SSSR count). The summed E-state index contributed by atoms with van der Waals surface area (Å²) in [5, 5.41) is 39.0. The number of ether oxygens (including phenoxy) is 1. The third kappa shape index (κ3) is 14.4. The van der Waals surface area contributed by atoms with Crippen LogP contribution in [0.25, 0.3) is 0 Å². The number of benzene rings is 1. The molecule has 1 amide bonds. The second-order valence-corrected chi connectivity index (χ2v) is 8.21. The van der Waals surface area contributed by atoms with Gasteiger partial charge in [0.1, 0.15) is 5.75 Å². The van der Waals surface area contributed by atoms with Crippen LogP contribution in [-0.4, -0.2) is 131 Å². The number of aliphatic carboxylic acids is 4. The molecule has 0 spiro atoms. The fraction of sp³-hybridized carbons (Fsp3) is 0.522. The maximum absolute atomic E-state index is 12.4. The van der Waals surface area contributed by atoms with Crippen molar-refractivity contribution in [1.29, 1.82) is 0 Å². The Balaban J connectivity index is 2.65. The van der Waals surface area contributed by atoms with Crippen LogP contribution in [0.3, 0.4) is 0 Å². The van der Waals surface area contributed by atoms with E-state index in [9.17, 15) is 34.2 Å². The Morgan fingerprint density at radius 2 is 1.16 bits per heavy atom. The molecular weight excluding hydrogens is 492 g/mol. The van der Waals surface area contributed by atoms with Crippen LogP contribution in [0.2, 0.25) is 0 Å². The molecule has 0 saturated carbocycles. The van der Waals surface area contributed by atoms with Gasteiger partial charge in [-0.25, -0.2) is 0 Å². The molecule has 14 nitrogen and oxygen atoms in total. The van der Waals surface area contributed by atoms with Gasteiger partial charge in [-0.3, -0.25) is 38.7 Å². The van der Waals surface area contributed by atoms with Gasteiger partial charge < -0.3 is 30.5 Å². The molecule has 0 unspecified atom stereocenters. The van der Waals surface area contributed by atoms with Crippen molar-refractivity contribution in [1.82, 2.24) is 20.0 Å². The lowest BCUT2D eigenvalue weighted by Gasteiger charge is -2.26. The summed E-state index contributed by atoms with van der Waals surface area (Å²) in [4.78, 5) is 60.9. The van der Waals surface area contributed by atoms with Gasteiger partial charge >= 0.3 is 23.9 Å². The lowest BCUT2D eigenvalue weighted by atomic mass is 10.2. The van der Waals surface area contributed by atoms with Gasteiger partial charge in [-0.15, -0.1) is 0 Å². The van der Waals surface area contributed by atoms with Gasteiger partial charge in [0.2, 0.25) is 5.91 Å². The first-order chi connectivity index (χ1) is 17.5. The van der Waals surface area contributed by atoms with E-state index in [1.807, 2.05) is 0 Å². The van der Waals surface area contributed by atoms with Crippen LogP contribution in [-0.2, 0) is 30.5 Å². The minimum atomic E-state index is -1.21. The van der Waals surface area contributed by atoms with Crippen LogP contribution in [0.15, 0.2) is 24.3 Å². The largest absolute Gasteiger partial charge is 0.496 e. The zero-order valence-electron chi connectivity index (χ0n) is 20.7. The van der Waals surface area contributed by atoms with Gasteiger partial charge in [-0.1, -0.05) is 18.2 Å². The van der Waals surface area contributed by atoms with E-state index < -0.39 is 49.4 Å². The van der Waals surface area contributed by atoms with Crippen molar-refractivity contribution >= 4 is 29.8 Å².